The van der Waals surface area contributed by atoms with Crippen molar-refractivity contribution in [3.63, 3.8) is 0 Å². The van der Waals surface area contributed by atoms with Crippen molar-refractivity contribution in [1.29, 1.82) is 0 Å². The van der Waals surface area contributed by atoms with Crippen molar-refractivity contribution in [2.45, 2.75) is 109 Å². The van der Waals surface area contributed by atoms with Crippen LogP contribution in [0.1, 0.15) is 72.8 Å². The van der Waals surface area contributed by atoms with Gasteiger partial charge in [0.2, 0.25) is 23.6 Å². The fourth-order valence-electron chi connectivity index (χ4n) is 7.37. The van der Waals surface area contributed by atoms with Crippen LogP contribution in [-0.2, 0) is 39.6 Å². The Kier molecular flexibility index (Phi) is 11.3. The largest absolute Gasteiger partial charge is 0.481 e. The summed E-state index contributed by atoms with van der Waals surface area (Å²) in [5, 5.41) is 10.9. The Balaban J connectivity index is 1.45. The second kappa shape index (κ2) is 14.6. The Labute approximate surface area is 277 Å². The van der Waals surface area contributed by atoms with Crippen LogP contribution in [0.3, 0.4) is 0 Å². The van der Waals surface area contributed by atoms with Crippen molar-refractivity contribution in [2.24, 2.45) is 28.9 Å². The molecule has 1 aromatic rings. The van der Waals surface area contributed by atoms with Gasteiger partial charge in [0.05, 0.1) is 24.8 Å². The van der Waals surface area contributed by atoms with E-state index in [1.54, 1.807) is 13.8 Å². The third kappa shape index (κ3) is 8.09. The molecule has 0 radical (unpaired) electrons. The van der Waals surface area contributed by atoms with E-state index in [9.17, 15) is 24.0 Å². The number of nitrogens with two attached hydrogens (primary N) is 1. The Morgan fingerprint density at radius 3 is 2.23 bits per heavy atom. The van der Waals surface area contributed by atoms with Gasteiger partial charge in [-0.15, -0.1) is 0 Å². The average molecular weight is 656 g/mol. The lowest BCUT2D eigenvalue weighted by atomic mass is 9.43. The van der Waals surface area contributed by atoms with Crippen LogP contribution in [0.4, 0.5) is 4.79 Å². The van der Waals surface area contributed by atoms with Crippen LogP contribution in [0.15, 0.2) is 30.3 Å². The second-order valence-corrected chi connectivity index (χ2v) is 14.3. The topological polar surface area (TPSA) is 187 Å². The smallest absolute Gasteiger partial charge is 0.453 e. The van der Waals surface area contributed by atoms with E-state index in [0.717, 1.165) is 18.4 Å². The van der Waals surface area contributed by atoms with Gasteiger partial charge in [0.25, 0.3) is 0 Å². The van der Waals surface area contributed by atoms with Crippen LogP contribution in [0.25, 0.3) is 0 Å². The number of nitrogens with one attached hydrogen (secondary N) is 4. The molecule has 8 unspecified atom stereocenters. The monoisotopic (exact) mass is 655 g/mol. The quantitative estimate of drug-likeness (QED) is 0.187. The lowest BCUT2D eigenvalue weighted by Crippen LogP contribution is -2.65. The first-order chi connectivity index (χ1) is 22.1. The van der Waals surface area contributed by atoms with Crippen molar-refractivity contribution < 1.29 is 38.0 Å². The fourth-order valence-corrected chi connectivity index (χ4v) is 7.37. The van der Waals surface area contributed by atoms with E-state index in [1.165, 1.54) is 14.0 Å². The molecule has 3 saturated carbocycles. The molecule has 1 aliphatic heterocycles. The highest BCUT2D eigenvalue weighted by Crippen LogP contribution is 2.65. The number of hydrogen-bond acceptors (Lipinski definition) is 8. The first-order valence-corrected chi connectivity index (χ1v) is 16.5. The maximum atomic E-state index is 13.6. The third-order valence-electron chi connectivity index (χ3n) is 10.4. The van der Waals surface area contributed by atoms with Gasteiger partial charge in [-0.1, -0.05) is 58.0 Å². The molecule has 14 heteroatoms. The maximum absolute atomic E-state index is 13.6. The molecule has 4 fully saturated rings. The number of carbonyl (C=O) groups is 5. The summed E-state index contributed by atoms with van der Waals surface area (Å²) in [7, 11) is 0.412. The fraction of sp³-hybridized carbons (Fsp3) is 0.667. The first kappa shape index (κ1) is 36.2. The van der Waals surface area contributed by atoms with Crippen molar-refractivity contribution in [1.82, 2.24) is 21.3 Å². The van der Waals surface area contributed by atoms with Gasteiger partial charge in [0, 0.05) is 12.8 Å². The molecule has 5 amide bonds. The third-order valence-corrected chi connectivity index (χ3v) is 10.4. The predicted octanol–water partition coefficient (Wildman–Crippen LogP) is 1.62. The number of ether oxygens (including phenoxy) is 1. The van der Waals surface area contributed by atoms with Gasteiger partial charge >= 0.3 is 13.2 Å². The molecule has 3 aliphatic carbocycles. The van der Waals surface area contributed by atoms with E-state index >= 15 is 0 Å². The SMILES string of the molecule is COC(=O)NC(C(=O)NC(Cc1ccccc1)C(=O)NC(C)C(=O)NC(CCC(N)=O)B1OC2CC3CC(C3(C)C)C2(C)O1)C(C)C. The van der Waals surface area contributed by atoms with Gasteiger partial charge in [-0.2, -0.15) is 0 Å². The number of primary amides is 1. The molecule has 5 rings (SSSR count). The molecule has 1 aromatic carbocycles. The normalized spacial score (nSPS) is 26.5. The van der Waals surface area contributed by atoms with E-state index in [-0.39, 0.29) is 36.7 Å². The molecular weight excluding hydrogens is 605 g/mol. The highest BCUT2D eigenvalue weighted by Gasteiger charge is 2.68. The predicted molar refractivity (Wildman–Crippen MR) is 174 cm³/mol. The first-order valence-electron chi connectivity index (χ1n) is 16.5. The van der Waals surface area contributed by atoms with E-state index in [0.29, 0.717) is 11.8 Å². The highest BCUT2D eigenvalue weighted by molar-refractivity contribution is 6.48. The number of hydrogen-bond donors (Lipinski definition) is 5. The minimum atomic E-state index is -1.06. The van der Waals surface area contributed by atoms with Gasteiger partial charge < -0.3 is 41.0 Å². The number of benzene rings is 1. The molecule has 13 nitrogen and oxygen atoms in total. The summed E-state index contributed by atoms with van der Waals surface area (Å²) in [6, 6.07) is 6.07. The van der Waals surface area contributed by atoms with Crippen LogP contribution >= 0.6 is 0 Å². The molecule has 2 bridgehead atoms. The van der Waals surface area contributed by atoms with Gasteiger partial charge in [-0.05, 0) is 61.8 Å². The van der Waals surface area contributed by atoms with E-state index in [2.05, 4.69) is 46.8 Å². The Bertz CT molecular complexity index is 1330. The summed E-state index contributed by atoms with van der Waals surface area (Å²) >= 11 is 0. The average Bonchev–Trinajstić information content (AvgIpc) is 3.38. The summed E-state index contributed by atoms with van der Waals surface area (Å²) in [4.78, 5) is 64.0. The molecule has 1 heterocycles. The van der Waals surface area contributed by atoms with E-state index < -0.39 is 66.5 Å². The summed E-state index contributed by atoms with van der Waals surface area (Å²) in [6.07, 6.45) is 1.37. The summed E-state index contributed by atoms with van der Waals surface area (Å²) in [6.45, 7) is 11.6. The molecule has 258 valence electrons. The summed E-state index contributed by atoms with van der Waals surface area (Å²) in [5.74, 6) is -2.33. The molecule has 1 saturated heterocycles. The van der Waals surface area contributed by atoms with Crippen molar-refractivity contribution >= 4 is 36.8 Å². The van der Waals surface area contributed by atoms with Crippen molar-refractivity contribution in [3.8, 4) is 0 Å². The second-order valence-electron chi connectivity index (χ2n) is 14.3. The van der Waals surface area contributed by atoms with Crippen molar-refractivity contribution in [3.05, 3.63) is 35.9 Å². The molecule has 8 atom stereocenters. The minimum absolute atomic E-state index is 0.00957. The summed E-state index contributed by atoms with van der Waals surface area (Å²) < 4.78 is 17.6. The maximum Gasteiger partial charge on any atom is 0.481 e. The zero-order valence-corrected chi connectivity index (χ0v) is 28.5. The van der Waals surface area contributed by atoms with Crippen LogP contribution in [-0.4, -0.2) is 79.7 Å². The zero-order chi connectivity index (χ0) is 34.7. The van der Waals surface area contributed by atoms with Crippen LogP contribution in [0.2, 0.25) is 0 Å². The molecule has 0 aromatic heterocycles. The van der Waals surface area contributed by atoms with Crippen LogP contribution in [0.5, 0.6) is 0 Å². The number of alkyl carbamates (subject to hydrolysis) is 1. The Hall–Kier alpha value is -3.65. The lowest BCUT2D eigenvalue weighted by molar-refractivity contribution is -0.199. The van der Waals surface area contributed by atoms with Gasteiger partial charge in [-0.25, -0.2) is 4.79 Å². The zero-order valence-electron chi connectivity index (χ0n) is 28.5. The molecule has 47 heavy (non-hydrogen) atoms. The van der Waals surface area contributed by atoms with Crippen LogP contribution in [0, 0.1) is 23.2 Å². The standard InChI is InChI=1S/C33H50BN5O8/c1-18(2)27(39-31(44)45-7)30(43)37-22(15-20-11-9-8-10-12-20)29(42)36-19(3)28(41)38-25(13-14-26(35)40)34-46-24-17-21-16-23(32(21,4)5)33(24,6)47-34/h8-12,18-19,21-25,27H,13-17H2,1-7H3,(H2,35,40)(H,36,42)(H,37,43)(H,38,41)(H,39,44). The Morgan fingerprint density at radius 2 is 1.64 bits per heavy atom. The molecular formula is C33H50BN5O8. The van der Waals surface area contributed by atoms with Gasteiger partial charge in [0.15, 0.2) is 0 Å². The molecule has 0 spiro atoms. The van der Waals surface area contributed by atoms with Crippen molar-refractivity contribution in [2.75, 3.05) is 7.11 Å². The summed E-state index contributed by atoms with van der Waals surface area (Å²) in [5.41, 5.74) is 5.85. The highest BCUT2D eigenvalue weighted by atomic mass is 16.7. The number of amides is 5. The molecule has 4 aliphatic rings. The number of methoxy groups -OCH3 is 1. The van der Waals surface area contributed by atoms with E-state index in [4.69, 9.17) is 15.0 Å². The Morgan fingerprint density at radius 1 is 0.957 bits per heavy atom. The van der Waals surface area contributed by atoms with E-state index in [1.807, 2.05) is 30.3 Å². The number of rotatable bonds is 14. The van der Waals surface area contributed by atoms with Gasteiger partial charge in [0.1, 0.15) is 18.1 Å². The molecule has 6 N–H and O–H groups in total. The van der Waals surface area contributed by atoms with Crippen LogP contribution < -0.4 is 27.0 Å². The van der Waals surface area contributed by atoms with Gasteiger partial charge in [-0.3, -0.25) is 19.2 Å². The minimum Gasteiger partial charge on any atom is -0.453 e. The number of carbonyl (C=O) groups excluding carboxylic acids is 5. The lowest BCUT2D eigenvalue weighted by Gasteiger charge is -2.64.